The molecule has 1 atom stereocenters. The van der Waals surface area contributed by atoms with Crippen molar-refractivity contribution in [2.75, 3.05) is 13.2 Å². The molecule has 6 heteroatoms. The lowest BCUT2D eigenvalue weighted by Crippen LogP contribution is -2.30. The number of esters is 3. The molecule has 0 heterocycles. The molecule has 0 aromatic carbocycles. The average Bonchev–Trinajstić information content (AvgIpc) is 3.48. The lowest BCUT2D eigenvalue weighted by Gasteiger charge is -2.18. The summed E-state index contributed by atoms with van der Waals surface area (Å²) in [5.41, 5.74) is 0. The van der Waals surface area contributed by atoms with Gasteiger partial charge in [0.2, 0.25) is 0 Å². The predicted molar refractivity (Wildman–Crippen MR) is 357 cm³/mol. The van der Waals surface area contributed by atoms with E-state index in [0.717, 1.165) is 154 Å². The summed E-state index contributed by atoms with van der Waals surface area (Å²) in [4.78, 5) is 38.3. The first-order valence-electron chi connectivity index (χ1n) is 33.1. The molecule has 0 saturated heterocycles. The zero-order valence-corrected chi connectivity index (χ0v) is 52.7. The molecule has 0 radical (unpaired) electrons. The maximum absolute atomic E-state index is 12.9. The van der Waals surface area contributed by atoms with E-state index < -0.39 is 6.10 Å². The highest BCUT2D eigenvalue weighted by Crippen LogP contribution is 2.14. The quantitative estimate of drug-likeness (QED) is 0.0261. The van der Waals surface area contributed by atoms with Crippen LogP contribution in [0.2, 0.25) is 0 Å². The fourth-order valence-electron chi connectivity index (χ4n) is 8.55. The SMILES string of the molecule is CC/C=C\C/C=C\C/C=C\C/C=C\C/C=C\C/C=C\C/C=C\C/C=C\CCCCCCCCC(=O)OCC(COC(=O)CCCCCCC/C=C\CCCCCCCCC)OC(=O)CCC/C=C\C/C=C\C/C=C\C/C=C\C/C=C\CC. The van der Waals surface area contributed by atoms with E-state index >= 15 is 0 Å². The minimum absolute atomic E-state index is 0.116. The third-order valence-electron chi connectivity index (χ3n) is 13.4. The Morgan fingerprint density at radius 2 is 0.488 bits per heavy atom. The molecule has 0 rings (SSSR count). The van der Waals surface area contributed by atoms with Gasteiger partial charge in [-0.25, -0.2) is 0 Å². The number of carbonyl (C=O) groups is 3. The van der Waals surface area contributed by atoms with Gasteiger partial charge < -0.3 is 14.2 Å². The first-order chi connectivity index (χ1) is 40.5. The van der Waals surface area contributed by atoms with Crippen LogP contribution in [0.4, 0.5) is 0 Å². The van der Waals surface area contributed by atoms with Gasteiger partial charge in [0.25, 0.3) is 0 Å². The van der Waals surface area contributed by atoms with E-state index in [1.54, 1.807) is 0 Å². The highest BCUT2D eigenvalue weighted by Gasteiger charge is 2.19. The van der Waals surface area contributed by atoms with Gasteiger partial charge in [-0.1, -0.05) is 274 Å². The summed E-state index contributed by atoms with van der Waals surface area (Å²) in [7, 11) is 0. The second-order valence-electron chi connectivity index (χ2n) is 21.3. The number of allylic oxidation sites excluding steroid dienone is 28. The van der Waals surface area contributed by atoms with Crippen molar-refractivity contribution in [2.24, 2.45) is 0 Å². The van der Waals surface area contributed by atoms with Gasteiger partial charge in [-0.3, -0.25) is 14.4 Å². The topological polar surface area (TPSA) is 78.9 Å². The number of unbranched alkanes of at least 4 members (excludes halogenated alkanes) is 19. The van der Waals surface area contributed by atoms with E-state index in [1.165, 1.54) is 70.6 Å². The molecule has 0 aromatic heterocycles. The zero-order chi connectivity index (χ0) is 59.2. The molecule has 0 saturated carbocycles. The lowest BCUT2D eigenvalue weighted by atomic mass is 10.1. The van der Waals surface area contributed by atoms with Crippen LogP contribution in [0.5, 0.6) is 0 Å². The van der Waals surface area contributed by atoms with Gasteiger partial charge in [0, 0.05) is 19.3 Å². The second-order valence-corrected chi connectivity index (χ2v) is 21.3. The van der Waals surface area contributed by atoms with Crippen molar-refractivity contribution in [3.63, 3.8) is 0 Å². The molecule has 0 N–H and O–H groups in total. The molecule has 0 bridgehead atoms. The molecular formula is C76H120O6. The Labute approximate surface area is 504 Å². The van der Waals surface area contributed by atoms with Gasteiger partial charge in [-0.15, -0.1) is 0 Å². The maximum Gasteiger partial charge on any atom is 0.306 e. The van der Waals surface area contributed by atoms with E-state index in [2.05, 4.69) is 191 Å². The third kappa shape index (κ3) is 65.6. The van der Waals surface area contributed by atoms with Gasteiger partial charge in [0.1, 0.15) is 13.2 Å². The van der Waals surface area contributed by atoms with Crippen LogP contribution in [0.1, 0.15) is 271 Å². The summed E-state index contributed by atoms with van der Waals surface area (Å²) in [6, 6.07) is 0. The van der Waals surface area contributed by atoms with Crippen LogP contribution < -0.4 is 0 Å². The molecule has 6 nitrogen and oxygen atoms in total. The highest BCUT2D eigenvalue weighted by atomic mass is 16.6. The summed E-state index contributed by atoms with van der Waals surface area (Å²) < 4.78 is 16.9. The van der Waals surface area contributed by atoms with Gasteiger partial charge >= 0.3 is 17.9 Å². The van der Waals surface area contributed by atoms with Crippen molar-refractivity contribution in [2.45, 2.75) is 277 Å². The predicted octanol–water partition coefficient (Wildman–Crippen LogP) is 23.0. The Kier molecular flexibility index (Phi) is 63.9. The minimum atomic E-state index is -0.827. The molecule has 0 fully saturated rings. The maximum atomic E-state index is 12.9. The summed E-state index contributed by atoms with van der Waals surface area (Å²) in [6.45, 7) is 6.34. The van der Waals surface area contributed by atoms with E-state index in [1.807, 2.05) is 0 Å². The Balaban J connectivity index is 4.45. The summed E-state index contributed by atoms with van der Waals surface area (Å²) in [5.74, 6) is -1.00. The van der Waals surface area contributed by atoms with Crippen LogP contribution >= 0.6 is 0 Å². The second kappa shape index (κ2) is 68.3. The first-order valence-corrected chi connectivity index (χ1v) is 33.1. The Morgan fingerprint density at radius 1 is 0.256 bits per heavy atom. The van der Waals surface area contributed by atoms with Crippen LogP contribution in [0.25, 0.3) is 0 Å². The Morgan fingerprint density at radius 3 is 0.793 bits per heavy atom. The Bertz CT molecular complexity index is 1870. The lowest BCUT2D eigenvalue weighted by molar-refractivity contribution is -0.167. The van der Waals surface area contributed by atoms with Crippen LogP contribution in [-0.2, 0) is 28.6 Å². The van der Waals surface area contributed by atoms with Gasteiger partial charge in [0.05, 0.1) is 0 Å². The normalized spacial score (nSPS) is 13.3. The van der Waals surface area contributed by atoms with Crippen molar-refractivity contribution in [1.29, 1.82) is 0 Å². The number of hydrogen-bond acceptors (Lipinski definition) is 6. The molecule has 0 aliphatic rings. The van der Waals surface area contributed by atoms with E-state index in [-0.39, 0.29) is 37.5 Å². The molecule has 0 aliphatic heterocycles. The smallest absolute Gasteiger partial charge is 0.306 e. The van der Waals surface area contributed by atoms with Crippen LogP contribution in [0, 0.1) is 0 Å². The monoisotopic (exact) mass is 1130 g/mol. The molecule has 0 amide bonds. The number of hydrogen-bond donors (Lipinski definition) is 0. The molecule has 0 aliphatic carbocycles. The molecule has 1 unspecified atom stereocenters. The molecular weight excluding hydrogens is 1010 g/mol. The van der Waals surface area contributed by atoms with Gasteiger partial charge in [-0.2, -0.15) is 0 Å². The largest absolute Gasteiger partial charge is 0.462 e. The first kappa shape index (κ1) is 76.8. The molecule has 460 valence electrons. The average molecular weight is 1130 g/mol. The van der Waals surface area contributed by atoms with Crippen molar-refractivity contribution in [3.05, 3.63) is 170 Å². The van der Waals surface area contributed by atoms with Crippen molar-refractivity contribution in [1.82, 2.24) is 0 Å². The third-order valence-corrected chi connectivity index (χ3v) is 13.4. The molecule has 82 heavy (non-hydrogen) atoms. The van der Waals surface area contributed by atoms with Crippen LogP contribution in [-0.4, -0.2) is 37.2 Å². The fraction of sp³-hybridized carbons (Fsp3) is 0.592. The standard InChI is InChI=1S/C76H120O6/c1-4-7-10-13-16-19-22-25-28-31-32-33-34-35-36-37-38-39-40-41-42-43-44-46-48-51-54-57-60-63-66-69-75(78)81-72-73(71-80-74(77)68-65-62-59-56-53-50-47-30-27-24-21-18-15-12-9-6-3)82-76(79)70-67-64-61-58-55-52-49-45-29-26-23-20-17-14-11-8-5-2/h7-8,10-11,16-17,19-20,25-26,28-30,32-33,35-36,38-39,41-42,44,46-47,49,52,58,61,73H,4-6,9,12-15,18,21-24,27,31,34,37,40,43,45,48,50-51,53-57,59-60,62-72H2,1-3H3/b10-7-,11-8-,19-16-,20-17-,28-25-,29-26-,33-32-,36-35-,39-38-,42-41-,46-44-,47-30-,52-49-,61-58-. The molecule has 0 aromatic rings. The number of ether oxygens (including phenoxy) is 3. The van der Waals surface area contributed by atoms with Crippen molar-refractivity contribution < 1.29 is 28.6 Å². The number of carbonyl (C=O) groups excluding carboxylic acids is 3. The minimum Gasteiger partial charge on any atom is -0.462 e. The van der Waals surface area contributed by atoms with E-state index in [4.69, 9.17) is 14.2 Å². The summed E-state index contributed by atoms with van der Waals surface area (Å²) in [5, 5.41) is 0. The fourth-order valence-corrected chi connectivity index (χ4v) is 8.55. The van der Waals surface area contributed by atoms with Crippen molar-refractivity contribution >= 4 is 17.9 Å². The Hall–Kier alpha value is -5.23. The molecule has 0 spiro atoms. The zero-order valence-electron chi connectivity index (χ0n) is 52.7. The summed E-state index contributed by atoms with van der Waals surface area (Å²) >= 11 is 0. The van der Waals surface area contributed by atoms with Gasteiger partial charge in [0.15, 0.2) is 6.10 Å². The van der Waals surface area contributed by atoms with E-state index in [0.29, 0.717) is 19.3 Å². The van der Waals surface area contributed by atoms with Crippen LogP contribution in [0.15, 0.2) is 170 Å². The van der Waals surface area contributed by atoms with Crippen molar-refractivity contribution in [3.8, 4) is 0 Å². The van der Waals surface area contributed by atoms with E-state index in [9.17, 15) is 14.4 Å². The highest BCUT2D eigenvalue weighted by molar-refractivity contribution is 5.71. The number of rotatable bonds is 58. The summed E-state index contributed by atoms with van der Waals surface area (Å²) in [6.07, 6.45) is 101. The van der Waals surface area contributed by atoms with Gasteiger partial charge in [-0.05, 0) is 148 Å². The van der Waals surface area contributed by atoms with Crippen LogP contribution in [0.3, 0.4) is 0 Å².